The van der Waals surface area contributed by atoms with Gasteiger partial charge in [-0.15, -0.1) is 0 Å². The van der Waals surface area contributed by atoms with E-state index in [0.717, 1.165) is 5.56 Å². The molecule has 0 saturated heterocycles. The molecule has 0 saturated carbocycles. The largest absolute Gasteiger partial charge is 0.481 e. The molecule has 3 heteroatoms. The second kappa shape index (κ2) is 4.47. The summed E-state index contributed by atoms with van der Waals surface area (Å²) in [6, 6.07) is 7.18. The molecule has 0 amide bonds. The van der Waals surface area contributed by atoms with Crippen LogP contribution in [-0.2, 0) is 4.79 Å². The number of aliphatic carboxylic acids is 1. The van der Waals surface area contributed by atoms with Gasteiger partial charge < -0.3 is 5.11 Å². The van der Waals surface area contributed by atoms with Gasteiger partial charge in [0.05, 0.1) is 6.42 Å². The van der Waals surface area contributed by atoms with Crippen LogP contribution in [0.5, 0.6) is 0 Å². The van der Waals surface area contributed by atoms with Crippen molar-refractivity contribution in [1.29, 1.82) is 0 Å². The summed E-state index contributed by atoms with van der Waals surface area (Å²) >= 11 is 0. The van der Waals surface area contributed by atoms with Gasteiger partial charge in [0.25, 0.3) is 0 Å². The Hall–Kier alpha value is -1.64. The SMILES string of the molecule is Cc1ccc(C(=O)C(C)(C)CC(=O)O)cc1. The van der Waals surface area contributed by atoms with Gasteiger partial charge in [-0.2, -0.15) is 0 Å². The maximum absolute atomic E-state index is 12.0. The first-order valence-electron chi connectivity index (χ1n) is 5.16. The Morgan fingerprint density at radius 2 is 1.69 bits per heavy atom. The lowest BCUT2D eigenvalue weighted by atomic mass is 9.81. The number of aryl methyl sites for hydroxylation is 1. The molecule has 0 bridgehead atoms. The normalized spacial score (nSPS) is 11.2. The van der Waals surface area contributed by atoms with Crippen LogP contribution in [0, 0.1) is 12.3 Å². The fourth-order valence-corrected chi connectivity index (χ4v) is 1.55. The Kier molecular flexibility index (Phi) is 3.48. The van der Waals surface area contributed by atoms with Crippen molar-refractivity contribution in [3.05, 3.63) is 35.4 Å². The molecule has 16 heavy (non-hydrogen) atoms. The maximum atomic E-state index is 12.0. The summed E-state index contributed by atoms with van der Waals surface area (Å²) in [7, 11) is 0. The lowest BCUT2D eigenvalue weighted by molar-refractivity contribution is -0.138. The molecule has 0 aliphatic carbocycles. The van der Waals surface area contributed by atoms with Crippen LogP contribution in [0.2, 0.25) is 0 Å². The number of carbonyl (C=O) groups excluding carboxylic acids is 1. The number of hydrogen-bond donors (Lipinski definition) is 1. The lowest BCUT2D eigenvalue weighted by Gasteiger charge is -2.20. The van der Waals surface area contributed by atoms with Gasteiger partial charge >= 0.3 is 5.97 Å². The summed E-state index contributed by atoms with van der Waals surface area (Å²) in [5, 5.41) is 8.74. The minimum Gasteiger partial charge on any atom is -0.481 e. The molecule has 0 spiro atoms. The molecule has 3 nitrogen and oxygen atoms in total. The number of rotatable bonds is 4. The summed E-state index contributed by atoms with van der Waals surface area (Å²) < 4.78 is 0. The zero-order valence-electron chi connectivity index (χ0n) is 9.78. The van der Waals surface area contributed by atoms with Gasteiger partial charge in [0.1, 0.15) is 0 Å². The highest BCUT2D eigenvalue weighted by atomic mass is 16.4. The minimum absolute atomic E-state index is 0.130. The molecule has 86 valence electrons. The number of benzene rings is 1. The predicted octanol–water partition coefficient (Wildman–Crippen LogP) is 2.68. The Labute approximate surface area is 95.1 Å². The third-order valence-corrected chi connectivity index (χ3v) is 2.52. The van der Waals surface area contributed by atoms with Crippen molar-refractivity contribution in [2.45, 2.75) is 27.2 Å². The number of hydrogen-bond acceptors (Lipinski definition) is 2. The summed E-state index contributed by atoms with van der Waals surface area (Å²) in [5.41, 5.74) is 0.783. The molecule has 1 aromatic rings. The molecule has 0 aromatic heterocycles. The highest BCUT2D eigenvalue weighted by Gasteiger charge is 2.31. The van der Waals surface area contributed by atoms with E-state index in [4.69, 9.17) is 5.11 Å². The van der Waals surface area contributed by atoms with Gasteiger partial charge in [0.2, 0.25) is 0 Å². The minimum atomic E-state index is -0.953. The molecular weight excluding hydrogens is 204 g/mol. The first kappa shape index (κ1) is 12.4. The van der Waals surface area contributed by atoms with Gasteiger partial charge in [0, 0.05) is 11.0 Å². The van der Waals surface area contributed by atoms with Crippen LogP contribution in [-0.4, -0.2) is 16.9 Å². The summed E-state index contributed by atoms with van der Waals surface area (Å²) in [6.07, 6.45) is -0.153. The summed E-state index contributed by atoms with van der Waals surface area (Å²) in [5.74, 6) is -1.08. The molecule has 1 N–H and O–H groups in total. The second-order valence-corrected chi connectivity index (χ2v) is 4.65. The molecule has 0 radical (unpaired) electrons. The van der Waals surface area contributed by atoms with Crippen LogP contribution in [0.25, 0.3) is 0 Å². The van der Waals surface area contributed by atoms with E-state index in [1.165, 1.54) is 0 Å². The smallest absolute Gasteiger partial charge is 0.304 e. The first-order chi connectivity index (χ1) is 7.33. The van der Waals surface area contributed by atoms with E-state index in [2.05, 4.69) is 0 Å². The zero-order chi connectivity index (χ0) is 12.3. The molecule has 1 rings (SSSR count). The lowest BCUT2D eigenvalue weighted by Crippen LogP contribution is -2.27. The fraction of sp³-hybridized carbons (Fsp3) is 0.385. The highest BCUT2D eigenvalue weighted by Crippen LogP contribution is 2.26. The number of carbonyl (C=O) groups is 2. The van der Waals surface area contributed by atoms with Crippen LogP contribution in [0.1, 0.15) is 36.2 Å². The van der Waals surface area contributed by atoms with E-state index in [1.54, 1.807) is 26.0 Å². The molecule has 0 aliphatic heterocycles. The number of carboxylic acids is 1. The van der Waals surface area contributed by atoms with Crippen molar-refractivity contribution in [3.63, 3.8) is 0 Å². The number of carboxylic acid groups (broad SMARTS) is 1. The first-order valence-corrected chi connectivity index (χ1v) is 5.16. The third kappa shape index (κ3) is 2.92. The van der Waals surface area contributed by atoms with Crippen LogP contribution in [0.4, 0.5) is 0 Å². The molecule has 0 heterocycles. The molecule has 0 aliphatic rings. The van der Waals surface area contributed by atoms with Crippen LogP contribution < -0.4 is 0 Å². The third-order valence-electron chi connectivity index (χ3n) is 2.52. The maximum Gasteiger partial charge on any atom is 0.304 e. The molecule has 0 atom stereocenters. The Morgan fingerprint density at radius 1 is 1.19 bits per heavy atom. The van der Waals surface area contributed by atoms with Crippen LogP contribution >= 0.6 is 0 Å². The van der Waals surface area contributed by atoms with Crippen molar-refractivity contribution in [2.24, 2.45) is 5.41 Å². The van der Waals surface area contributed by atoms with E-state index >= 15 is 0 Å². The van der Waals surface area contributed by atoms with Crippen LogP contribution in [0.3, 0.4) is 0 Å². The molecule has 0 fully saturated rings. The van der Waals surface area contributed by atoms with E-state index in [9.17, 15) is 9.59 Å². The summed E-state index contributed by atoms with van der Waals surface area (Å²) in [4.78, 5) is 22.7. The Bertz CT molecular complexity index is 402. The molecule has 0 unspecified atom stereocenters. The van der Waals surface area contributed by atoms with Crippen molar-refractivity contribution in [2.75, 3.05) is 0 Å². The molecule has 1 aromatic carbocycles. The second-order valence-electron chi connectivity index (χ2n) is 4.65. The number of Topliss-reactive ketones (excluding diaryl/α,β-unsaturated/α-hetero) is 1. The van der Waals surface area contributed by atoms with Crippen molar-refractivity contribution in [1.82, 2.24) is 0 Å². The quantitative estimate of drug-likeness (QED) is 0.794. The Balaban J connectivity index is 2.93. The van der Waals surface area contributed by atoms with E-state index in [-0.39, 0.29) is 12.2 Å². The van der Waals surface area contributed by atoms with Crippen molar-refractivity contribution in [3.8, 4) is 0 Å². The molecular formula is C13H16O3. The van der Waals surface area contributed by atoms with E-state index < -0.39 is 11.4 Å². The standard InChI is InChI=1S/C13H16O3/c1-9-4-6-10(7-5-9)12(16)13(2,3)8-11(14)15/h4-7H,8H2,1-3H3,(H,14,15). The fourth-order valence-electron chi connectivity index (χ4n) is 1.55. The van der Waals surface area contributed by atoms with Gasteiger partial charge in [-0.25, -0.2) is 0 Å². The van der Waals surface area contributed by atoms with Gasteiger partial charge in [0.15, 0.2) is 5.78 Å². The Morgan fingerprint density at radius 3 is 2.12 bits per heavy atom. The summed E-state index contributed by atoms with van der Waals surface area (Å²) in [6.45, 7) is 5.25. The average molecular weight is 220 g/mol. The van der Waals surface area contributed by atoms with Crippen LogP contribution in [0.15, 0.2) is 24.3 Å². The average Bonchev–Trinajstić information content (AvgIpc) is 2.16. The topological polar surface area (TPSA) is 54.4 Å². The van der Waals surface area contributed by atoms with E-state index in [0.29, 0.717) is 5.56 Å². The highest BCUT2D eigenvalue weighted by molar-refractivity contribution is 6.01. The van der Waals surface area contributed by atoms with Crippen molar-refractivity contribution < 1.29 is 14.7 Å². The van der Waals surface area contributed by atoms with Gasteiger partial charge in [-0.05, 0) is 6.92 Å². The zero-order valence-corrected chi connectivity index (χ0v) is 9.78. The van der Waals surface area contributed by atoms with Gasteiger partial charge in [-0.3, -0.25) is 9.59 Å². The van der Waals surface area contributed by atoms with Crippen molar-refractivity contribution >= 4 is 11.8 Å². The predicted molar refractivity (Wildman–Crippen MR) is 61.5 cm³/mol. The monoisotopic (exact) mass is 220 g/mol. The number of ketones is 1. The van der Waals surface area contributed by atoms with Gasteiger partial charge in [-0.1, -0.05) is 43.7 Å². The van der Waals surface area contributed by atoms with E-state index in [1.807, 2.05) is 19.1 Å².